The fraction of sp³-hybridized carbons (Fsp3) is 0.208. The van der Waals surface area contributed by atoms with E-state index in [-0.39, 0.29) is 46.5 Å². The van der Waals surface area contributed by atoms with Crippen molar-refractivity contribution in [1.29, 1.82) is 0 Å². The number of aromatic nitrogens is 1. The molecule has 2 aromatic carbocycles. The van der Waals surface area contributed by atoms with E-state index in [0.29, 0.717) is 5.56 Å². The van der Waals surface area contributed by atoms with E-state index in [2.05, 4.69) is 24.5 Å². The number of anilines is 1. The minimum absolute atomic E-state index is 0.0460. The van der Waals surface area contributed by atoms with E-state index in [9.17, 15) is 22.8 Å². The van der Waals surface area contributed by atoms with Crippen LogP contribution in [0.1, 0.15) is 22.8 Å². The normalized spacial score (nSPS) is 19.0. The van der Waals surface area contributed by atoms with Gasteiger partial charge in [0.2, 0.25) is 5.91 Å². The summed E-state index contributed by atoms with van der Waals surface area (Å²) >= 11 is 0. The van der Waals surface area contributed by atoms with Crippen LogP contribution in [0.4, 0.5) is 19.0 Å². The SMILES string of the molecule is COC(=O)c1ccc(-c2cccc(NC(=O)[C@@]3(C)COc4cc5c(cc43)OC(F)(F)O5)n2)c(F)c1. The zero-order valence-corrected chi connectivity index (χ0v) is 18.4. The van der Waals surface area contributed by atoms with Crippen LogP contribution in [0.15, 0.2) is 48.5 Å². The molecule has 0 saturated carbocycles. The third kappa shape index (κ3) is 3.88. The molecular weight excluding hydrogens is 469 g/mol. The second-order valence-corrected chi connectivity index (χ2v) is 8.13. The molecule has 0 bridgehead atoms. The molecule has 1 amide bonds. The molecule has 2 aliphatic rings. The van der Waals surface area contributed by atoms with Gasteiger partial charge in [-0.05, 0) is 43.3 Å². The number of carbonyl (C=O) groups is 2. The van der Waals surface area contributed by atoms with Gasteiger partial charge in [0, 0.05) is 17.2 Å². The first-order chi connectivity index (χ1) is 16.6. The third-order valence-corrected chi connectivity index (χ3v) is 5.77. The Morgan fingerprint density at radius 2 is 1.80 bits per heavy atom. The van der Waals surface area contributed by atoms with Crippen molar-refractivity contribution in [2.75, 3.05) is 19.0 Å². The highest BCUT2D eigenvalue weighted by Crippen LogP contribution is 2.50. The summed E-state index contributed by atoms with van der Waals surface area (Å²) in [7, 11) is 1.19. The van der Waals surface area contributed by atoms with Gasteiger partial charge in [0.1, 0.15) is 29.4 Å². The van der Waals surface area contributed by atoms with Crippen LogP contribution in [0.3, 0.4) is 0 Å². The number of hydrogen-bond donors (Lipinski definition) is 1. The fourth-order valence-electron chi connectivity index (χ4n) is 3.89. The monoisotopic (exact) mass is 486 g/mol. The highest BCUT2D eigenvalue weighted by atomic mass is 19.3. The molecule has 35 heavy (non-hydrogen) atoms. The van der Waals surface area contributed by atoms with Crippen molar-refractivity contribution in [3.8, 4) is 28.5 Å². The highest BCUT2D eigenvalue weighted by Gasteiger charge is 2.49. The predicted molar refractivity (Wildman–Crippen MR) is 115 cm³/mol. The minimum atomic E-state index is -3.80. The topological polar surface area (TPSA) is 96.0 Å². The molecule has 180 valence electrons. The summed E-state index contributed by atoms with van der Waals surface area (Å²) in [6.07, 6.45) is -3.80. The Morgan fingerprint density at radius 3 is 2.51 bits per heavy atom. The summed E-state index contributed by atoms with van der Waals surface area (Å²) < 4.78 is 60.6. The van der Waals surface area contributed by atoms with Crippen LogP contribution >= 0.6 is 0 Å². The van der Waals surface area contributed by atoms with E-state index in [0.717, 1.165) is 6.07 Å². The lowest BCUT2D eigenvalue weighted by Gasteiger charge is -2.21. The third-order valence-electron chi connectivity index (χ3n) is 5.77. The van der Waals surface area contributed by atoms with Crippen molar-refractivity contribution in [3.63, 3.8) is 0 Å². The van der Waals surface area contributed by atoms with Crippen LogP contribution < -0.4 is 19.5 Å². The van der Waals surface area contributed by atoms with Gasteiger partial charge < -0.3 is 24.3 Å². The molecule has 2 aliphatic heterocycles. The number of rotatable bonds is 4. The number of hydrogen-bond acceptors (Lipinski definition) is 7. The Morgan fingerprint density at radius 1 is 1.06 bits per heavy atom. The van der Waals surface area contributed by atoms with Crippen LogP contribution in [0.5, 0.6) is 17.2 Å². The van der Waals surface area contributed by atoms with Crippen LogP contribution in [-0.2, 0) is 14.9 Å². The molecule has 3 heterocycles. The molecule has 3 aromatic rings. The molecule has 0 unspecified atom stereocenters. The Labute approximate surface area is 196 Å². The lowest BCUT2D eigenvalue weighted by molar-refractivity contribution is -0.286. The first-order valence-corrected chi connectivity index (χ1v) is 10.3. The molecule has 0 spiro atoms. The largest absolute Gasteiger partial charge is 0.586 e. The van der Waals surface area contributed by atoms with Gasteiger partial charge in [0.05, 0.1) is 18.4 Å². The maximum atomic E-state index is 14.6. The number of fused-ring (bicyclic) bond motifs is 2. The average molecular weight is 486 g/mol. The Bertz CT molecular complexity index is 1380. The molecule has 11 heteroatoms. The summed E-state index contributed by atoms with van der Waals surface area (Å²) in [5.74, 6) is -1.93. The van der Waals surface area contributed by atoms with Crippen LogP contribution in [0, 0.1) is 5.82 Å². The fourth-order valence-corrected chi connectivity index (χ4v) is 3.89. The maximum absolute atomic E-state index is 14.6. The van der Waals surface area contributed by atoms with Gasteiger partial charge in [-0.1, -0.05) is 6.07 Å². The van der Waals surface area contributed by atoms with Crippen molar-refractivity contribution in [2.24, 2.45) is 0 Å². The van der Waals surface area contributed by atoms with E-state index >= 15 is 0 Å². The highest BCUT2D eigenvalue weighted by molar-refractivity contribution is 6.00. The van der Waals surface area contributed by atoms with Crippen LogP contribution in [0.25, 0.3) is 11.3 Å². The van der Waals surface area contributed by atoms with Crippen LogP contribution in [-0.4, -0.2) is 36.9 Å². The number of nitrogens with one attached hydrogen (secondary N) is 1. The number of methoxy groups -OCH3 is 1. The minimum Gasteiger partial charge on any atom is -0.492 e. The number of carbonyl (C=O) groups excluding carboxylic acids is 2. The summed E-state index contributed by atoms with van der Waals surface area (Å²) in [6, 6.07) is 11.0. The molecule has 1 atom stereocenters. The second-order valence-electron chi connectivity index (χ2n) is 8.13. The van der Waals surface area contributed by atoms with E-state index in [4.69, 9.17) is 4.74 Å². The molecule has 1 N–H and O–H groups in total. The molecule has 0 radical (unpaired) electrons. The number of alkyl halides is 2. The van der Waals surface area contributed by atoms with Gasteiger partial charge in [-0.15, -0.1) is 8.78 Å². The summed E-state index contributed by atoms with van der Waals surface area (Å²) in [5.41, 5.74) is -0.532. The molecule has 1 aromatic heterocycles. The Balaban J connectivity index is 1.40. The molecular formula is C24H17F3N2O6. The van der Waals surface area contributed by atoms with E-state index in [1.165, 1.54) is 37.4 Å². The quantitative estimate of drug-likeness (QED) is 0.550. The molecule has 8 nitrogen and oxygen atoms in total. The van der Waals surface area contributed by atoms with Crippen molar-refractivity contribution in [3.05, 3.63) is 65.5 Å². The standard InChI is InChI=1S/C24H17F3N2O6/c1-23(11-33-17-10-19-18(9-14(17)23)34-24(26,27)35-19)22(31)29-20-5-3-4-16(28-20)13-7-6-12(8-15(13)25)21(30)32-2/h3-10H,11H2,1-2H3,(H,28,29,31)/t23-/m0/s1. The van der Waals surface area contributed by atoms with Crippen molar-refractivity contribution in [2.45, 2.75) is 18.6 Å². The van der Waals surface area contributed by atoms with Gasteiger partial charge in [-0.25, -0.2) is 14.2 Å². The van der Waals surface area contributed by atoms with E-state index in [1.54, 1.807) is 19.1 Å². The van der Waals surface area contributed by atoms with E-state index < -0.39 is 29.4 Å². The first-order valence-electron chi connectivity index (χ1n) is 10.3. The van der Waals surface area contributed by atoms with Gasteiger partial charge >= 0.3 is 12.3 Å². The molecule has 0 fully saturated rings. The number of pyridine rings is 1. The van der Waals surface area contributed by atoms with E-state index in [1.807, 2.05) is 0 Å². The maximum Gasteiger partial charge on any atom is 0.586 e. The smallest absolute Gasteiger partial charge is 0.492 e. The molecule has 0 saturated heterocycles. The van der Waals surface area contributed by atoms with Gasteiger partial charge in [-0.3, -0.25) is 4.79 Å². The lowest BCUT2D eigenvalue weighted by Crippen LogP contribution is -2.39. The zero-order valence-electron chi connectivity index (χ0n) is 18.4. The lowest BCUT2D eigenvalue weighted by atomic mass is 9.83. The Hall–Kier alpha value is -4.28. The second kappa shape index (κ2) is 7.90. The number of benzene rings is 2. The number of esters is 1. The zero-order chi connectivity index (χ0) is 25.0. The number of nitrogens with zero attached hydrogens (tertiary/aromatic N) is 1. The molecule has 0 aliphatic carbocycles. The number of halogens is 3. The van der Waals surface area contributed by atoms with Crippen molar-refractivity contribution in [1.82, 2.24) is 4.98 Å². The van der Waals surface area contributed by atoms with Crippen LogP contribution in [0.2, 0.25) is 0 Å². The van der Waals surface area contributed by atoms with Crippen molar-refractivity contribution < 1.29 is 41.7 Å². The number of ether oxygens (including phenoxy) is 4. The van der Waals surface area contributed by atoms with Gasteiger partial charge in [0.15, 0.2) is 11.5 Å². The summed E-state index contributed by atoms with van der Waals surface area (Å²) in [5, 5.41) is 2.67. The molecule has 5 rings (SSSR count). The summed E-state index contributed by atoms with van der Waals surface area (Å²) in [4.78, 5) is 29.1. The van der Waals surface area contributed by atoms with Gasteiger partial charge in [-0.2, -0.15) is 0 Å². The van der Waals surface area contributed by atoms with Crippen molar-refractivity contribution >= 4 is 17.7 Å². The summed E-state index contributed by atoms with van der Waals surface area (Å²) in [6.45, 7) is 1.53. The number of amides is 1. The Kier molecular flexibility index (Phi) is 5.08. The van der Waals surface area contributed by atoms with Gasteiger partial charge in [0.25, 0.3) is 0 Å². The average Bonchev–Trinajstić information content (AvgIpc) is 3.31. The predicted octanol–water partition coefficient (Wildman–Crippen LogP) is 4.28. The first kappa shape index (κ1) is 22.5.